The van der Waals surface area contributed by atoms with Gasteiger partial charge in [-0.2, -0.15) is 0 Å². The summed E-state index contributed by atoms with van der Waals surface area (Å²) in [4.78, 5) is 42.1. The molecule has 3 amide bonds. The van der Waals surface area contributed by atoms with Crippen LogP contribution in [0.15, 0.2) is 91.0 Å². The molecule has 10 N–H and O–H groups in total. The molecule has 330 valence electrons. The van der Waals surface area contributed by atoms with Crippen LogP contribution >= 0.6 is 0 Å². The molecule has 0 heterocycles. The number of carbonyl (C=O) groups excluding carboxylic acids is 3. The molecule has 7 unspecified atom stereocenters. The average Bonchev–Trinajstić information content (AvgIpc) is 3.62. The Kier molecular flexibility index (Phi) is 14.4. The predicted octanol–water partition coefficient (Wildman–Crippen LogP) is 5.44. The molecule has 7 rings (SSSR count). The molecule has 4 aliphatic rings. The number of benzene rings is 3. The van der Waals surface area contributed by atoms with Crippen molar-refractivity contribution >= 4 is 17.7 Å². The zero-order chi connectivity index (χ0) is 43.3. The quantitative estimate of drug-likeness (QED) is 0.100. The number of rotatable bonds is 16. The van der Waals surface area contributed by atoms with E-state index in [9.17, 15) is 19.5 Å². The Bertz CT molecular complexity index is 1920. The first-order chi connectivity index (χ1) is 29.3. The molecule has 0 bridgehead atoms. The highest BCUT2D eigenvalue weighted by atomic mass is 16.3. The number of aliphatic hydroxyl groups excluding tert-OH is 1. The Hall–Kier alpha value is -4.09. The topological polar surface area (TPSA) is 186 Å². The monoisotopic (exact) mass is 833 g/mol. The Morgan fingerprint density at radius 2 is 1.18 bits per heavy atom. The molecule has 4 saturated carbocycles. The van der Waals surface area contributed by atoms with Crippen LogP contribution in [0.1, 0.15) is 95.2 Å². The van der Waals surface area contributed by atoms with Crippen molar-refractivity contribution in [2.75, 3.05) is 6.61 Å². The van der Waals surface area contributed by atoms with Gasteiger partial charge in [-0.25, -0.2) is 0 Å². The molecule has 14 atom stereocenters. The fourth-order valence-electron chi connectivity index (χ4n) is 13.1. The van der Waals surface area contributed by atoms with E-state index >= 15 is 0 Å². The van der Waals surface area contributed by atoms with E-state index in [1.165, 1.54) is 0 Å². The summed E-state index contributed by atoms with van der Waals surface area (Å²) in [6.07, 6.45) is 9.27. The van der Waals surface area contributed by atoms with Crippen molar-refractivity contribution in [3.63, 3.8) is 0 Å². The number of aliphatic hydroxyl groups is 1. The first-order valence-corrected chi connectivity index (χ1v) is 23.2. The van der Waals surface area contributed by atoms with E-state index in [0.717, 1.165) is 74.5 Å². The van der Waals surface area contributed by atoms with Crippen molar-refractivity contribution < 1.29 is 19.5 Å². The van der Waals surface area contributed by atoms with Crippen molar-refractivity contribution in [1.29, 1.82) is 0 Å². The number of hydrogen-bond donors (Lipinski definition) is 7. The van der Waals surface area contributed by atoms with Crippen LogP contribution in [-0.4, -0.2) is 65.7 Å². The molecular weight excluding hydrogens is 761 g/mol. The number of nitrogens with two attached hydrogens (primary N) is 3. The molecule has 0 spiro atoms. The van der Waals surface area contributed by atoms with Gasteiger partial charge < -0.3 is 38.3 Å². The predicted molar refractivity (Wildman–Crippen MR) is 242 cm³/mol. The van der Waals surface area contributed by atoms with Gasteiger partial charge in [0.2, 0.25) is 17.7 Å². The zero-order valence-corrected chi connectivity index (χ0v) is 36.7. The molecule has 10 heteroatoms. The minimum Gasteiger partial charge on any atom is -0.396 e. The van der Waals surface area contributed by atoms with E-state index in [0.29, 0.717) is 31.1 Å². The van der Waals surface area contributed by atoms with Gasteiger partial charge in [0.1, 0.15) is 0 Å². The maximum absolute atomic E-state index is 14.3. The summed E-state index contributed by atoms with van der Waals surface area (Å²) in [6, 6.07) is 27.5. The summed E-state index contributed by atoms with van der Waals surface area (Å²) in [5.41, 5.74) is 22.7. The summed E-state index contributed by atoms with van der Waals surface area (Å²) in [7, 11) is 0. The number of nitrogens with one attached hydrogen (secondary N) is 3. The van der Waals surface area contributed by atoms with E-state index < -0.39 is 18.1 Å². The van der Waals surface area contributed by atoms with Crippen molar-refractivity contribution in [2.24, 2.45) is 63.5 Å². The van der Waals surface area contributed by atoms with Crippen molar-refractivity contribution in [3.05, 3.63) is 108 Å². The molecule has 4 aliphatic carbocycles. The molecule has 0 radical (unpaired) electrons. The second-order valence-electron chi connectivity index (χ2n) is 19.9. The van der Waals surface area contributed by atoms with Gasteiger partial charge in [0, 0.05) is 24.7 Å². The number of fused-ring (bicyclic) bond motifs is 5. The SMILES string of the molecule is C[C@H](CCCO)C1CC[C@H]2C3[C@H](NC(=O)C(N)Cc4ccccc4)CC4C[C@H](NC(=O)C(N)Cc5ccccc5)CCC4(C)[C@H]3C[C@H](NC(=O)[C@@H](N)Cc3ccccc3)C12C. The van der Waals surface area contributed by atoms with Crippen LogP contribution in [0.2, 0.25) is 0 Å². The normalized spacial score (nSPS) is 32.5. The highest BCUT2D eigenvalue weighted by molar-refractivity contribution is 5.83. The van der Waals surface area contributed by atoms with Gasteiger partial charge in [-0.1, -0.05) is 112 Å². The molecule has 61 heavy (non-hydrogen) atoms. The molecule has 0 aromatic heterocycles. The highest BCUT2D eigenvalue weighted by Gasteiger charge is 2.66. The Morgan fingerprint density at radius 1 is 0.672 bits per heavy atom. The molecule has 4 fully saturated rings. The lowest BCUT2D eigenvalue weighted by Crippen LogP contribution is -2.68. The fourth-order valence-corrected chi connectivity index (χ4v) is 13.1. The average molecular weight is 833 g/mol. The summed E-state index contributed by atoms with van der Waals surface area (Å²) >= 11 is 0. The first kappa shape index (κ1) is 44.9. The van der Waals surface area contributed by atoms with Crippen LogP contribution in [-0.2, 0) is 33.6 Å². The zero-order valence-electron chi connectivity index (χ0n) is 36.7. The van der Waals surface area contributed by atoms with Gasteiger partial charge in [-0.3, -0.25) is 14.4 Å². The van der Waals surface area contributed by atoms with Gasteiger partial charge in [0.25, 0.3) is 0 Å². The maximum atomic E-state index is 14.3. The summed E-state index contributed by atoms with van der Waals surface area (Å²) in [6.45, 7) is 7.34. The van der Waals surface area contributed by atoms with Crippen LogP contribution in [0.5, 0.6) is 0 Å². The molecule has 0 aliphatic heterocycles. The third-order valence-corrected chi connectivity index (χ3v) is 16.3. The van der Waals surface area contributed by atoms with E-state index in [4.69, 9.17) is 17.2 Å². The van der Waals surface area contributed by atoms with E-state index in [-0.39, 0.29) is 77.0 Å². The number of amides is 3. The van der Waals surface area contributed by atoms with Crippen LogP contribution in [0.4, 0.5) is 0 Å². The minimum atomic E-state index is -0.693. The third-order valence-electron chi connectivity index (χ3n) is 16.3. The standard InChI is InChI=1S/C51H72N6O4/c1-32(14-13-25-58)38-21-22-39-46-40(31-45(51(38,39)3)57-49(61)43(54)28-35-19-11-6-12-20-35)50(2)24-23-37(55-47(59)41(52)26-33-15-7-4-8-16-33)29-36(50)30-44(46)56-48(60)42(53)27-34-17-9-5-10-18-34/h4-12,15-20,32,36-46,58H,13-14,21-31,52-54H2,1-3H3,(H,55,59)(H,56,60)(H,57,61)/t32-,36?,37-,38?,39+,40+,41?,42?,43+,44-,45+,46?,50?,51?/m1/s1. The Balaban J connectivity index is 1.18. The number of hydrogen-bond acceptors (Lipinski definition) is 7. The second kappa shape index (κ2) is 19.5. The van der Waals surface area contributed by atoms with Gasteiger partial charge >= 0.3 is 0 Å². The van der Waals surface area contributed by atoms with Crippen LogP contribution in [0.25, 0.3) is 0 Å². The van der Waals surface area contributed by atoms with Gasteiger partial charge in [0.05, 0.1) is 18.1 Å². The van der Waals surface area contributed by atoms with Gasteiger partial charge in [-0.15, -0.1) is 0 Å². The second-order valence-corrected chi connectivity index (χ2v) is 19.9. The van der Waals surface area contributed by atoms with E-state index in [2.05, 4.69) is 36.7 Å². The van der Waals surface area contributed by atoms with Gasteiger partial charge in [-0.05, 0) is 140 Å². The largest absolute Gasteiger partial charge is 0.396 e. The van der Waals surface area contributed by atoms with Crippen LogP contribution in [0.3, 0.4) is 0 Å². The molecule has 3 aromatic rings. The number of carbonyl (C=O) groups is 3. The lowest BCUT2D eigenvalue weighted by Gasteiger charge is -2.65. The Morgan fingerprint density at radius 3 is 1.70 bits per heavy atom. The summed E-state index contributed by atoms with van der Waals surface area (Å²) in [5.74, 6) is 1.16. The Labute approximate surface area is 364 Å². The van der Waals surface area contributed by atoms with E-state index in [1.54, 1.807) is 0 Å². The first-order valence-electron chi connectivity index (χ1n) is 23.2. The van der Waals surface area contributed by atoms with Crippen molar-refractivity contribution in [3.8, 4) is 0 Å². The van der Waals surface area contributed by atoms with Crippen LogP contribution in [0, 0.1) is 46.3 Å². The van der Waals surface area contributed by atoms with Gasteiger partial charge in [0.15, 0.2) is 0 Å². The lowest BCUT2D eigenvalue weighted by atomic mass is 9.42. The molecule has 0 saturated heterocycles. The minimum absolute atomic E-state index is 0.0239. The maximum Gasteiger partial charge on any atom is 0.237 e. The lowest BCUT2D eigenvalue weighted by molar-refractivity contribution is -0.154. The smallest absolute Gasteiger partial charge is 0.237 e. The summed E-state index contributed by atoms with van der Waals surface area (Å²) in [5, 5.41) is 20.4. The molecular formula is C51H72N6O4. The van der Waals surface area contributed by atoms with Crippen molar-refractivity contribution in [1.82, 2.24) is 16.0 Å². The summed E-state index contributed by atoms with van der Waals surface area (Å²) < 4.78 is 0. The molecule has 3 aromatic carbocycles. The van der Waals surface area contributed by atoms with E-state index in [1.807, 2.05) is 91.0 Å². The fraction of sp³-hybridized carbons (Fsp3) is 0.588. The van der Waals surface area contributed by atoms with Crippen molar-refractivity contribution in [2.45, 2.75) is 134 Å². The molecule has 10 nitrogen and oxygen atoms in total. The van der Waals surface area contributed by atoms with Crippen LogP contribution < -0.4 is 33.2 Å². The third kappa shape index (κ3) is 9.78. The highest BCUT2D eigenvalue weighted by Crippen LogP contribution is 2.68.